The van der Waals surface area contributed by atoms with Gasteiger partial charge in [-0.1, -0.05) is 97.3 Å². The lowest BCUT2D eigenvalue weighted by atomic mass is 9.70. The highest BCUT2D eigenvalue weighted by Crippen LogP contribution is 2.46. The van der Waals surface area contributed by atoms with Crippen molar-refractivity contribution in [2.75, 3.05) is 7.11 Å². The fourth-order valence-corrected chi connectivity index (χ4v) is 5.47. The molecule has 0 aromatic heterocycles. The van der Waals surface area contributed by atoms with Crippen LogP contribution in [-0.2, 0) is 19.1 Å². The second kappa shape index (κ2) is 13.1. The van der Waals surface area contributed by atoms with Crippen molar-refractivity contribution in [1.82, 2.24) is 0 Å². The van der Waals surface area contributed by atoms with Crippen LogP contribution in [0.25, 0.3) is 10.8 Å². The Morgan fingerprint density at radius 1 is 0.806 bits per heavy atom. The highest BCUT2D eigenvalue weighted by atomic mass is 16.7. The van der Waals surface area contributed by atoms with E-state index in [4.69, 9.17) is 14.2 Å². The maximum Gasteiger partial charge on any atom is 0.326 e. The van der Waals surface area contributed by atoms with E-state index in [1.165, 1.54) is 0 Å². The van der Waals surface area contributed by atoms with Crippen molar-refractivity contribution in [1.29, 1.82) is 0 Å². The number of rotatable bonds is 14. The van der Waals surface area contributed by atoms with E-state index >= 15 is 0 Å². The van der Waals surface area contributed by atoms with Crippen molar-refractivity contribution >= 4 is 22.7 Å². The molecule has 1 heterocycles. The van der Waals surface area contributed by atoms with E-state index < -0.39 is 23.6 Å². The van der Waals surface area contributed by atoms with Gasteiger partial charge in [-0.3, -0.25) is 9.59 Å². The zero-order valence-electron chi connectivity index (χ0n) is 22.8. The second-order valence-corrected chi connectivity index (χ2v) is 10.4. The molecule has 2 unspecified atom stereocenters. The predicted molar refractivity (Wildman–Crippen MR) is 144 cm³/mol. The van der Waals surface area contributed by atoms with Crippen LogP contribution in [0, 0.1) is 17.3 Å². The SMILES string of the molecule is CCCCC(CC)CC1(CC(CC)CCCC)C(=O)OC(c2ccc3cc(OC)ccc3c2)OC1=O. The lowest BCUT2D eigenvalue weighted by Gasteiger charge is -2.40. The number of cyclic esters (lactones) is 2. The summed E-state index contributed by atoms with van der Waals surface area (Å²) in [6.45, 7) is 8.64. The van der Waals surface area contributed by atoms with Gasteiger partial charge in [-0.25, -0.2) is 0 Å². The first kappa shape index (κ1) is 28.0. The topological polar surface area (TPSA) is 61.8 Å². The Hall–Kier alpha value is -2.56. The molecule has 0 aliphatic carbocycles. The standard InChI is InChI=1S/C31H44O5/c1-6-10-12-22(8-3)20-31(21-23(9-4)13-11-7-2)29(32)35-28(36-30(31)33)26-15-14-25-19-27(34-5)17-16-24(25)18-26/h14-19,22-23,28H,6-13,20-21H2,1-5H3. The van der Waals surface area contributed by atoms with Gasteiger partial charge in [-0.2, -0.15) is 0 Å². The van der Waals surface area contributed by atoms with Gasteiger partial charge in [0.15, 0.2) is 5.41 Å². The molecule has 0 bridgehead atoms. The minimum Gasteiger partial charge on any atom is -0.497 e. The third-order valence-electron chi connectivity index (χ3n) is 7.91. The largest absolute Gasteiger partial charge is 0.497 e. The molecule has 0 amide bonds. The van der Waals surface area contributed by atoms with Crippen LogP contribution < -0.4 is 4.74 Å². The van der Waals surface area contributed by atoms with Crippen molar-refractivity contribution in [2.24, 2.45) is 17.3 Å². The Morgan fingerprint density at radius 3 is 1.83 bits per heavy atom. The summed E-state index contributed by atoms with van der Waals surface area (Å²) in [4.78, 5) is 27.5. The van der Waals surface area contributed by atoms with Crippen molar-refractivity contribution in [3.63, 3.8) is 0 Å². The molecule has 198 valence electrons. The minimum atomic E-state index is -1.22. The van der Waals surface area contributed by atoms with Crippen LogP contribution in [0.4, 0.5) is 0 Å². The molecule has 0 spiro atoms. The molecule has 1 fully saturated rings. The molecule has 36 heavy (non-hydrogen) atoms. The second-order valence-electron chi connectivity index (χ2n) is 10.4. The molecule has 5 heteroatoms. The molecule has 2 atom stereocenters. The van der Waals surface area contributed by atoms with Gasteiger partial charge >= 0.3 is 11.9 Å². The number of esters is 2. The molecule has 1 aliphatic rings. The maximum atomic E-state index is 13.8. The average Bonchev–Trinajstić information content (AvgIpc) is 2.90. The van der Waals surface area contributed by atoms with Crippen molar-refractivity contribution in [2.45, 2.75) is 98.2 Å². The quantitative estimate of drug-likeness (QED) is 0.195. The first-order valence-electron chi connectivity index (χ1n) is 13.9. The highest BCUT2D eigenvalue weighted by Gasteiger charge is 2.55. The lowest BCUT2D eigenvalue weighted by Crippen LogP contribution is -2.49. The predicted octanol–water partition coefficient (Wildman–Crippen LogP) is 8.15. The number of fused-ring (bicyclic) bond motifs is 1. The van der Waals surface area contributed by atoms with E-state index in [-0.39, 0.29) is 0 Å². The summed E-state index contributed by atoms with van der Waals surface area (Å²) in [5.41, 5.74) is -0.553. The summed E-state index contributed by atoms with van der Waals surface area (Å²) < 4.78 is 17.2. The molecular weight excluding hydrogens is 452 g/mol. The van der Waals surface area contributed by atoms with Crippen molar-refractivity contribution in [3.8, 4) is 5.75 Å². The number of ether oxygens (including phenoxy) is 3. The van der Waals surface area contributed by atoms with Crippen LogP contribution >= 0.6 is 0 Å². The van der Waals surface area contributed by atoms with E-state index in [1.807, 2.05) is 36.4 Å². The lowest BCUT2D eigenvalue weighted by molar-refractivity contribution is -0.229. The Morgan fingerprint density at radius 2 is 1.33 bits per heavy atom. The van der Waals surface area contributed by atoms with E-state index in [1.54, 1.807) is 7.11 Å². The van der Waals surface area contributed by atoms with Crippen molar-refractivity contribution in [3.05, 3.63) is 42.0 Å². The van der Waals surface area contributed by atoms with Gasteiger partial charge in [-0.05, 0) is 53.6 Å². The van der Waals surface area contributed by atoms with Gasteiger partial charge in [-0.15, -0.1) is 0 Å². The molecule has 2 aromatic rings. The first-order chi connectivity index (χ1) is 17.4. The van der Waals surface area contributed by atoms with Gasteiger partial charge in [0.05, 0.1) is 7.11 Å². The van der Waals surface area contributed by atoms with Gasteiger partial charge in [0.25, 0.3) is 6.29 Å². The number of hydrogen-bond acceptors (Lipinski definition) is 5. The molecule has 0 radical (unpaired) electrons. The van der Waals surface area contributed by atoms with Gasteiger partial charge < -0.3 is 14.2 Å². The average molecular weight is 497 g/mol. The van der Waals surface area contributed by atoms with Gasteiger partial charge in [0, 0.05) is 5.56 Å². The molecular formula is C31H44O5. The number of carbonyl (C=O) groups excluding carboxylic acids is 2. The molecule has 3 rings (SSSR count). The molecule has 0 N–H and O–H groups in total. The highest BCUT2D eigenvalue weighted by molar-refractivity contribution is 6.01. The molecule has 1 saturated heterocycles. The fraction of sp³-hybridized carbons (Fsp3) is 0.613. The maximum absolute atomic E-state index is 13.8. The normalized spacial score (nSPS) is 21.6. The molecule has 0 saturated carbocycles. The van der Waals surface area contributed by atoms with Crippen LogP contribution in [0.3, 0.4) is 0 Å². The monoisotopic (exact) mass is 496 g/mol. The van der Waals surface area contributed by atoms with Gasteiger partial charge in [0.2, 0.25) is 0 Å². The summed E-state index contributed by atoms with van der Waals surface area (Å²) in [6, 6.07) is 11.5. The summed E-state index contributed by atoms with van der Waals surface area (Å²) in [5, 5.41) is 1.97. The number of hydrogen-bond donors (Lipinski definition) is 0. The van der Waals surface area contributed by atoms with Crippen LogP contribution in [-0.4, -0.2) is 19.0 Å². The van der Waals surface area contributed by atoms with E-state index in [0.29, 0.717) is 30.2 Å². The molecule has 2 aromatic carbocycles. The zero-order chi connectivity index (χ0) is 26.1. The third-order valence-corrected chi connectivity index (χ3v) is 7.91. The Bertz CT molecular complexity index is 975. The Kier molecular flexibility index (Phi) is 10.2. The van der Waals surface area contributed by atoms with Crippen LogP contribution in [0.2, 0.25) is 0 Å². The van der Waals surface area contributed by atoms with Crippen LogP contribution in [0.5, 0.6) is 5.75 Å². The summed E-state index contributed by atoms with van der Waals surface area (Å²) in [5.74, 6) is 0.534. The number of carbonyl (C=O) groups is 2. The smallest absolute Gasteiger partial charge is 0.326 e. The minimum absolute atomic E-state index is 0.293. The number of benzene rings is 2. The summed E-state index contributed by atoms with van der Waals surface area (Å²) in [6.07, 6.45) is 8.28. The summed E-state index contributed by atoms with van der Waals surface area (Å²) in [7, 11) is 1.64. The molecule has 1 aliphatic heterocycles. The van der Waals surface area contributed by atoms with Crippen LogP contribution in [0.15, 0.2) is 36.4 Å². The first-order valence-corrected chi connectivity index (χ1v) is 13.9. The van der Waals surface area contributed by atoms with Crippen molar-refractivity contribution < 1.29 is 23.8 Å². The number of methoxy groups -OCH3 is 1. The number of unbranched alkanes of at least 4 members (excludes halogenated alkanes) is 2. The fourth-order valence-electron chi connectivity index (χ4n) is 5.47. The Labute approximate surface area is 216 Å². The Balaban J connectivity index is 1.88. The summed E-state index contributed by atoms with van der Waals surface area (Å²) >= 11 is 0. The van der Waals surface area contributed by atoms with E-state index in [0.717, 1.165) is 67.9 Å². The van der Waals surface area contributed by atoms with Gasteiger partial charge in [0.1, 0.15) is 5.75 Å². The third kappa shape index (κ3) is 6.41. The van der Waals surface area contributed by atoms with Crippen LogP contribution in [0.1, 0.15) is 104 Å². The zero-order valence-corrected chi connectivity index (χ0v) is 22.8. The molecule has 5 nitrogen and oxygen atoms in total. The van der Waals surface area contributed by atoms with E-state index in [2.05, 4.69) is 27.7 Å². The van der Waals surface area contributed by atoms with E-state index in [9.17, 15) is 9.59 Å².